The molecule has 0 aromatic heterocycles. The van der Waals surface area contributed by atoms with Crippen LogP contribution in [0.2, 0.25) is 0 Å². The number of rotatable bonds is 36. The van der Waals surface area contributed by atoms with Crippen molar-refractivity contribution in [2.45, 2.75) is 224 Å². The standard InChI is InChI=1S/C46H83NO8/c1-3-5-7-9-10-11-12-13-14-15-16-17-18-19-20-21-22-23-24-25-26-27-28-29-30-32-34-36-42(50)47-39(40(49)35-33-31-8-6-4-2)38-54-46-45(53)44(52)43(51)41(37-48)55-46/h5,7,10-11,13-14,16-17,39-41,43-46,48-49,51-53H,3-4,6,8-9,12,15,18-38H2,1-2H3,(H,47,50)/b7-5-,11-10-,14-13-,17-16-. The minimum Gasteiger partial charge on any atom is -0.394 e. The average molecular weight is 778 g/mol. The van der Waals surface area contributed by atoms with Crippen LogP contribution in [0.4, 0.5) is 0 Å². The van der Waals surface area contributed by atoms with Crippen LogP contribution in [0, 0.1) is 0 Å². The summed E-state index contributed by atoms with van der Waals surface area (Å²) >= 11 is 0. The van der Waals surface area contributed by atoms with Gasteiger partial charge in [-0.3, -0.25) is 4.79 Å². The maximum Gasteiger partial charge on any atom is 0.220 e. The van der Waals surface area contributed by atoms with Gasteiger partial charge in [0, 0.05) is 6.42 Å². The van der Waals surface area contributed by atoms with Gasteiger partial charge in [-0.15, -0.1) is 0 Å². The number of ether oxygens (including phenoxy) is 2. The van der Waals surface area contributed by atoms with Crippen molar-refractivity contribution >= 4 is 5.91 Å². The van der Waals surface area contributed by atoms with Crippen molar-refractivity contribution in [3.8, 4) is 0 Å². The van der Waals surface area contributed by atoms with Crippen molar-refractivity contribution in [2.75, 3.05) is 13.2 Å². The molecule has 7 atom stereocenters. The topological polar surface area (TPSA) is 149 Å². The van der Waals surface area contributed by atoms with E-state index in [0.717, 1.165) is 77.0 Å². The van der Waals surface area contributed by atoms with E-state index in [1.165, 1.54) is 77.0 Å². The molecule has 1 aliphatic rings. The van der Waals surface area contributed by atoms with Gasteiger partial charge < -0.3 is 40.3 Å². The zero-order valence-electron chi connectivity index (χ0n) is 34.9. The molecule has 55 heavy (non-hydrogen) atoms. The molecule has 320 valence electrons. The normalized spacial score (nSPS) is 21.8. The Morgan fingerprint density at radius 1 is 0.636 bits per heavy atom. The summed E-state index contributed by atoms with van der Waals surface area (Å²) in [6, 6.07) is -0.715. The second-order valence-electron chi connectivity index (χ2n) is 15.5. The quantitative estimate of drug-likeness (QED) is 0.0273. The third kappa shape index (κ3) is 27.4. The first-order chi connectivity index (χ1) is 26.8. The third-order valence-corrected chi connectivity index (χ3v) is 10.4. The van der Waals surface area contributed by atoms with E-state index >= 15 is 0 Å². The fraction of sp³-hybridized carbons (Fsp3) is 0.804. The van der Waals surface area contributed by atoms with Crippen LogP contribution in [0.25, 0.3) is 0 Å². The maximum absolute atomic E-state index is 12.9. The lowest BCUT2D eigenvalue weighted by Crippen LogP contribution is -2.60. The molecule has 1 heterocycles. The molecule has 7 unspecified atom stereocenters. The molecule has 1 aliphatic heterocycles. The molecule has 9 nitrogen and oxygen atoms in total. The summed E-state index contributed by atoms with van der Waals surface area (Å²) in [5.41, 5.74) is 0. The first-order valence-corrected chi connectivity index (χ1v) is 22.3. The average Bonchev–Trinajstić information content (AvgIpc) is 3.18. The number of carbonyl (C=O) groups is 1. The SMILES string of the molecule is CC/C=C\C/C=C\C/C=C\C/C=C\CCCCCCCCCCCCCCCCC(=O)NC(COC1OC(CO)C(O)C(O)C1O)C(O)CCCCCCC. The Bertz CT molecular complexity index is 998. The van der Waals surface area contributed by atoms with Gasteiger partial charge in [-0.1, -0.05) is 172 Å². The van der Waals surface area contributed by atoms with E-state index in [-0.39, 0.29) is 12.5 Å². The summed E-state index contributed by atoms with van der Waals surface area (Å²) in [5.74, 6) is -0.154. The summed E-state index contributed by atoms with van der Waals surface area (Å²) in [7, 11) is 0. The Labute approximate surface area is 335 Å². The number of amides is 1. The van der Waals surface area contributed by atoms with Crippen LogP contribution in [0.5, 0.6) is 0 Å². The zero-order valence-corrected chi connectivity index (χ0v) is 34.9. The molecule has 1 amide bonds. The molecule has 0 saturated carbocycles. The molecule has 0 aromatic rings. The highest BCUT2D eigenvalue weighted by molar-refractivity contribution is 5.76. The van der Waals surface area contributed by atoms with Gasteiger partial charge in [-0.25, -0.2) is 0 Å². The van der Waals surface area contributed by atoms with Crippen LogP contribution in [-0.2, 0) is 14.3 Å². The van der Waals surface area contributed by atoms with Gasteiger partial charge in [0.15, 0.2) is 6.29 Å². The minimum atomic E-state index is -1.55. The van der Waals surface area contributed by atoms with Gasteiger partial charge in [-0.05, 0) is 51.4 Å². The van der Waals surface area contributed by atoms with Gasteiger partial charge in [0.2, 0.25) is 5.91 Å². The molecule has 1 fully saturated rings. The Morgan fingerprint density at radius 2 is 1.13 bits per heavy atom. The number of nitrogens with one attached hydrogen (secondary N) is 1. The number of carbonyl (C=O) groups excluding carboxylic acids is 1. The number of aliphatic hydroxyl groups excluding tert-OH is 5. The predicted octanol–water partition coefficient (Wildman–Crippen LogP) is 9.06. The molecule has 0 aliphatic carbocycles. The van der Waals surface area contributed by atoms with E-state index in [9.17, 15) is 30.3 Å². The zero-order chi connectivity index (χ0) is 40.2. The monoisotopic (exact) mass is 778 g/mol. The second kappa shape index (κ2) is 36.5. The van der Waals surface area contributed by atoms with Gasteiger partial charge in [-0.2, -0.15) is 0 Å². The van der Waals surface area contributed by atoms with Crippen LogP contribution in [-0.4, -0.2) is 87.5 Å². The Hall–Kier alpha value is -1.85. The fourth-order valence-corrected chi connectivity index (χ4v) is 6.86. The highest BCUT2D eigenvalue weighted by Crippen LogP contribution is 2.23. The van der Waals surface area contributed by atoms with Crippen molar-refractivity contribution in [3.63, 3.8) is 0 Å². The van der Waals surface area contributed by atoms with Crippen LogP contribution >= 0.6 is 0 Å². The molecule has 0 radical (unpaired) electrons. The molecule has 0 spiro atoms. The number of allylic oxidation sites excluding steroid dienone is 8. The lowest BCUT2D eigenvalue weighted by atomic mass is 9.99. The highest BCUT2D eigenvalue weighted by atomic mass is 16.7. The fourth-order valence-electron chi connectivity index (χ4n) is 6.86. The minimum absolute atomic E-state index is 0.141. The van der Waals surface area contributed by atoms with E-state index in [1.807, 2.05) is 0 Å². The highest BCUT2D eigenvalue weighted by Gasteiger charge is 2.44. The van der Waals surface area contributed by atoms with Crippen molar-refractivity contribution < 1.29 is 39.8 Å². The third-order valence-electron chi connectivity index (χ3n) is 10.4. The number of hydrogen-bond acceptors (Lipinski definition) is 8. The summed E-state index contributed by atoms with van der Waals surface area (Å²) in [6.07, 6.45) is 38.9. The Morgan fingerprint density at radius 3 is 1.67 bits per heavy atom. The number of aliphatic hydroxyl groups is 5. The summed E-state index contributed by atoms with van der Waals surface area (Å²) < 4.78 is 11.1. The van der Waals surface area contributed by atoms with Gasteiger partial charge >= 0.3 is 0 Å². The molecule has 9 heteroatoms. The van der Waals surface area contributed by atoms with Crippen molar-refractivity contribution in [3.05, 3.63) is 48.6 Å². The van der Waals surface area contributed by atoms with Crippen LogP contribution in [0.15, 0.2) is 48.6 Å². The number of unbranched alkanes of at least 4 members (excludes halogenated alkanes) is 18. The van der Waals surface area contributed by atoms with E-state index in [2.05, 4.69) is 67.8 Å². The first kappa shape index (κ1) is 51.2. The summed E-state index contributed by atoms with van der Waals surface area (Å²) in [5, 5.41) is 53.8. The van der Waals surface area contributed by atoms with E-state index in [4.69, 9.17) is 9.47 Å². The van der Waals surface area contributed by atoms with Gasteiger partial charge in [0.05, 0.1) is 25.4 Å². The van der Waals surface area contributed by atoms with Crippen molar-refractivity contribution in [1.82, 2.24) is 5.32 Å². The lowest BCUT2D eigenvalue weighted by Gasteiger charge is -2.40. The van der Waals surface area contributed by atoms with E-state index in [0.29, 0.717) is 12.8 Å². The van der Waals surface area contributed by atoms with Crippen molar-refractivity contribution in [1.29, 1.82) is 0 Å². The van der Waals surface area contributed by atoms with Crippen LogP contribution < -0.4 is 5.32 Å². The largest absolute Gasteiger partial charge is 0.394 e. The van der Waals surface area contributed by atoms with Gasteiger partial charge in [0.25, 0.3) is 0 Å². The predicted molar refractivity (Wildman–Crippen MR) is 226 cm³/mol. The Balaban J connectivity index is 2.11. The first-order valence-electron chi connectivity index (χ1n) is 22.3. The molecule has 0 bridgehead atoms. The summed E-state index contributed by atoms with van der Waals surface area (Å²) in [4.78, 5) is 12.9. The molecule has 1 saturated heterocycles. The molecule has 1 rings (SSSR count). The van der Waals surface area contributed by atoms with Gasteiger partial charge in [0.1, 0.15) is 24.4 Å². The molecular weight excluding hydrogens is 695 g/mol. The van der Waals surface area contributed by atoms with E-state index < -0.39 is 49.5 Å². The molecular formula is C46H83NO8. The lowest BCUT2D eigenvalue weighted by molar-refractivity contribution is -0.302. The smallest absolute Gasteiger partial charge is 0.220 e. The van der Waals surface area contributed by atoms with Crippen molar-refractivity contribution in [2.24, 2.45) is 0 Å². The van der Waals surface area contributed by atoms with Crippen LogP contribution in [0.3, 0.4) is 0 Å². The second-order valence-corrected chi connectivity index (χ2v) is 15.5. The maximum atomic E-state index is 12.9. The number of hydrogen-bond donors (Lipinski definition) is 6. The Kier molecular flexibility index (Phi) is 33.9. The molecule has 6 N–H and O–H groups in total. The van der Waals surface area contributed by atoms with E-state index in [1.54, 1.807) is 0 Å². The molecule has 0 aromatic carbocycles. The summed E-state index contributed by atoms with van der Waals surface area (Å²) in [6.45, 7) is 3.62. The van der Waals surface area contributed by atoms with Crippen LogP contribution in [0.1, 0.15) is 181 Å².